The van der Waals surface area contributed by atoms with E-state index in [-0.39, 0.29) is 11.4 Å². The molecule has 1 aromatic heterocycles. The van der Waals surface area contributed by atoms with Crippen molar-refractivity contribution < 1.29 is 4.79 Å². The first-order valence-corrected chi connectivity index (χ1v) is 6.53. The second kappa shape index (κ2) is 5.48. The summed E-state index contributed by atoms with van der Waals surface area (Å²) in [6.45, 7) is 7.32. The quantitative estimate of drug-likeness (QED) is 0.880. The van der Waals surface area contributed by atoms with E-state index >= 15 is 0 Å². The van der Waals surface area contributed by atoms with Crippen LogP contribution in [0.2, 0.25) is 0 Å². The van der Waals surface area contributed by atoms with Crippen molar-refractivity contribution in [3.05, 3.63) is 30.1 Å². The van der Waals surface area contributed by atoms with E-state index in [1.165, 1.54) is 12.8 Å². The third-order valence-corrected chi connectivity index (χ3v) is 3.59. The molecule has 1 amide bonds. The van der Waals surface area contributed by atoms with Crippen LogP contribution in [-0.2, 0) is 0 Å². The lowest BCUT2D eigenvalue weighted by molar-refractivity contribution is 0.0902. The minimum atomic E-state index is -0.0235. The van der Waals surface area contributed by atoms with E-state index < -0.39 is 0 Å². The first-order chi connectivity index (χ1) is 8.59. The fourth-order valence-corrected chi connectivity index (χ4v) is 2.34. The van der Waals surface area contributed by atoms with Gasteiger partial charge in [-0.05, 0) is 51.9 Å². The number of nitrogens with one attached hydrogen (secondary N) is 1. The second-order valence-electron chi connectivity index (χ2n) is 5.43. The molecule has 1 aliphatic rings. The monoisotopic (exact) mass is 247 g/mol. The third kappa shape index (κ3) is 3.07. The van der Waals surface area contributed by atoms with Crippen LogP contribution in [0.4, 0.5) is 0 Å². The first kappa shape index (κ1) is 13.0. The molecule has 2 rings (SSSR count). The Morgan fingerprint density at radius 3 is 2.56 bits per heavy atom. The lowest BCUT2D eigenvalue weighted by atomic mass is 10.0. The molecule has 0 unspecified atom stereocenters. The Labute approximate surface area is 108 Å². The molecule has 4 heteroatoms. The number of aromatic nitrogens is 1. The zero-order valence-corrected chi connectivity index (χ0v) is 11.1. The lowest BCUT2D eigenvalue weighted by Gasteiger charge is -2.35. The molecule has 0 radical (unpaired) electrons. The summed E-state index contributed by atoms with van der Waals surface area (Å²) in [6, 6.07) is 3.47. The van der Waals surface area contributed by atoms with Crippen LogP contribution in [0, 0.1) is 0 Å². The maximum Gasteiger partial charge on any atom is 0.251 e. The summed E-state index contributed by atoms with van der Waals surface area (Å²) in [7, 11) is 0. The van der Waals surface area contributed by atoms with Crippen LogP contribution < -0.4 is 5.32 Å². The van der Waals surface area contributed by atoms with Crippen molar-refractivity contribution in [2.24, 2.45) is 0 Å². The van der Waals surface area contributed by atoms with Gasteiger partial charge in [-0.3, -0.25) is 14.7 Å². The topological polar surface area (TPSA) is 45.2 Å². The Morgan fingerprint density at radius 1 is 1.33 bits per heavy atom. The van der Waals surface area contributed by atoms with E-state index in [0.29, 0.717) is 12.1 Å². The molecule has 0 aromatic carbocycles. The summed E-state index contributed by atoms with van der Waals surface area (Å²) in [5.41, 5.74) is 0.696. The number of likely N-dealkylation sites (tertiary alicyclic amines) is 1. The van der Waals surface area contributed by atoms with Gasteiger partial charge < -0.3 is 5.32 Å². The second-order valence-corrected chi connectivity index (χ2v) is 5.43. The number of nitrogens with zero attached hydrogens (tertiary/aromatic N) is 2. The predicted octanol–water partition coefficient (Wildman–Crippen LogP) is 1.69. The van der Waals surface area contributed by atoms with E-state index in [0.717, 1.165) is 13.1 Å². The standard InChI is InChI=1S/C14H21N3O/c1-14(2,17-9-3-4-10-17)11-16-13(18)12-5-7-15-8-6-12/h5-8H,3-4,9-11H2,1-2H3,(H,16,18). The number of carbonyl (C=O) groups excluding carboxylic acids is 1. The minimum absolute atomic E-state index is 0.0235. The van der Waals surface area contributed by atoms with Crippen LogP contribution in [0.25, 0.3) is 0 Å². The Hall–Kier alpha value is -1.42. The molecule has 1 aliphatic heterocycles. The van der Waals surface area contributed by atoms with Crippen LogP contribution in [0.15, 0.2) is 24.5 Å². The van der Waals surface area contributed by atoms with Crippen molar-refractivity contribution in [2.45, 2.75) is 32.2 Å². The van der Waals surface area contributed by atoms with Gasteiger partial charge in [0.15, 0.2) is 0 Å². The SMILES string of the molecule is CC(C)(CNC(=O)c1ccncc1)N1CCCC1. The molecule has 0 spiro atoms. The molecule has 0 bridgehead atoms. The third-order valence-electron chi connectivity index (χ3n) is 3.59. The fourth-order valence-electron chi connectivity index (χ4n) is 2.34. The van der Waals surface area contributed by atoms with Gasteiger partial charge in [0.1, 0.15) is 0 Å². The maximum absolute atomic E-state index is 11.9. The van der Waals surface area contributed by atoms with Gasteiger partial charge in [0, 0.05) is 30.0 Å². The predicted molar refractivity (Wildman–Crippen MR) is 71.5 cm³/mol. The molecule has 2 heterocycles. The van der Waals surface area contributed by atoms with Crippen molar-refractivity contribution >= 4 is 5.91 Å². The van der Waals surface area contributed by atoms with Crippen molar-refractivity contribution in [3.8, 4) is 0 Å². The Kier molecular flexibility index (Phi) is 3.97. The summed E-state index contributed by atoms with van der Waals surface area (Å²) < 4.78 is 0. The normalized spacial score (nSPS) is 16.8. The van der Waals surface area contributed by atoms with E-state index in [9.17, 15) is 4.79 Å². The molecule has 18 heavy (non-hydrogen) atoms. The van der Waals surface area contributed by atoms with Crippen LogP contribution in [0.1, 0.15) is 37.0 Å². The molecular weight excluding hydrogens is 226 g/mol. The first-order valence-electron chi connectivity index (χ1n) is 6.53. The lowest BCUT2D eigenvalue weighted by Crippen LogP contribution is -2.50. The average molecular weight is 247 g/mol. The highest BCUT2D eigenvalue weighted by atomic mass is 16.1. The smallest absolute Gasteiger partial charge is 0.251 e. The largest absolute Gasteiger partial charge is 0.350 e. The highest BCUT2D eigenvalue weighted by molar-refractivity contribution is 5.93. The van der Waals surface area contributed by atoms with E-state index in [2.05, 4.69) is 29.0 Å². The maximum atomic E-state index is 11.9. The zero-order chi connectivity index (χ0) is 13.0. The van der Waals surface area contributed by atoms with Crippen LogP contribution >= 0.6 is 0 Å². The highest BCUT2D eigenvalue weighted by Gasteiger charge is 2.29. The summed E-state index contributed by atoms with van der Waals surface area (Å²) >= 11 is 0. The highest BCUT2D eigenvalue weighted by Crippen LogP contribution is 2.20. The number of carbonyl (C=O) groups is 1. The van der Waals surface area contributed by atoms with Gasteiger partial charge in [-0.15, -0.1) is 0 Å². The molecule has 98 valence electrons. The number of hydrogen-bond acceptors (Lipinski definition) is 3. The Bertz CT molecular complexity index is 397. The summed E-state index contributed by atoms with van der Waals surface area (Å²) in [5.74, 6) is -0.0235. The van der Waals surface area contributed by atoms with Crippen LogP contribution in [-0.4, -0.2) is 41.0 Å². The molecule has 1 aromatic rings. The van der Waals surface area contributed by atoms with Gasteiger partial charge >= 0.3 is 0 Å². The van der Waals surface area contributed by atoms with Gasteiger partial charge in [0.25, 0.3) is 5.91 Å². The van der Waals surface area contributed by atoms with E-state index in [1.54, 1.807) is 24.5 Å². The number of amides is 1. The fraction of sp³-hybridized carbons (Fsp3) is 0.571. The Balaban J connectivity index is 1.89. The minimum Gasteiger partial charge on any atom is -0.350 e. The van der Waals surface area contributed by atoms with Crippen molar-refractivity contribution in [3.63, 3.8) is 0 Å². The van der Waals surface area contributed by atoms with Crippen molar-refractivity contribution in [2.75, 3.05) is 19.6 Å². The van der Waals surface area contributed by atoms with E-state index in [4.69, 9.17) is 0 Å². The molecule has 4 nitrogen and oxygen atoms in total. The van der Waals surface area contributed by atoms with Crippen LogP contribution in [0.5, 0.6) is 0 Å². The number of pyridine rings is 1. The van der Waals surface area contributed by atoms with Crippen molar-refractivity contribution in [1.29, 1.82) is 0 Å². The summed E-state index contributed by atoms with van der Waals surface area (Å²) in [5, 5.41) is 3.01. The number of rotatable bonds is 4. The molecule has 1 saturated heterocycles. The van der Waals surface area contributed by atoms with Gasteiger partial charge in [-0.2, -0.15) is 0 Å². The Morgan fingerprint density at radius 2 is 1.94 bits per heavy atom. The molecular formula is C14H21N3O. The number of hydrogen-bond donors (Lipinski definition) is 1. The zero-order valence-electron chi connectivity index (χ0n) is 11.1. The van der Waals surface area contributed by atoms with Crippen LogP contribution in [0.3, 0.4) is 0 Å². The van der Waals surface area contributed by atoms with Gasteiger partial charge in [0.2, 0.25) is 0 Å². The van der Waals surface area contributed by atoms with Gasteiger partial charge in [0.05, 0.1) is 0 Å². The van der Waals surface area contributed by atoms with Gasteiger partial charge in [-0.1, -0.05) is 0 Å². The summed E-state index contributed by atoms with van der Waals surface area (Å²) in [6.07, 6.45) is 5.81. The van der Waals surface area contributed by atoms with E-state index in [1.807, 2.05) is 0 Å². The average Bonchev–Trinajstić information content (AvgIpc) is 2.92. The molecule has 1 fully saturated rings. The van der Waals surface area contributed by atoms with Crippen molar-refractivity contribution in [1.82, 2.24) is 15.2 Å². The molecule has 0 atom stereocenters. The molecule has 0 aliphatic carbocycles. The summed E-state index contributed by atoms with van der Waals surface area (Å²) in [4.78, 5) is 18.3. The van der Waals surface area contributed by atoms with Gasteiger partial charge in [-0.25, -0.2) is 0 Å². The molecule has 1 N–H and O–H groups in total. The molecule has 0 saturated carbocycles.